The zero-order valence-corrected chi connectivity index (χ0v) is 36.4. The molecule has 1 aliphatic heterocycles. The number of aromatic nitrogens is 1. The zero-order chi connectivity index (χ0) is 43.5. The Balaban J connectivity index is 0.824. The first-order chi connectivity index (χ1) is 33.2. The summed E-state index contributed by atoms with van der Waals surface area (Å²) in [6.45, 7) is 0. The molecule has 0 spiro atoms. The van der Waals surface area contributed by atoms with Crippen LogP contribution in [0.2, 0.25) is 0 Å². The summed E-state index contributed by atoms with van der Waals surface area (Å²) in [7, 11) is 0. The minimum Gasteiger partial charge on any atom is -0.456 e. The maximum absolute atomic E-state index is 6.57. The highest BCUT2D eigenvalue weighted by Gasteiger charge is 2.37. The first-order valence-electron chi connectivity index (χ1n) is 22.7. The zero-order valence-electron chi connectivity index (χ0n) is 35.6. The van der Waals surface area contributed by atoms with Crippen LogP contribution in [0.25, 0.3) is 115 Å². The first kappa shape index (κ1) is 35.9. The number of hydrogen-bond acceptors (Lipinski definition) is 6. The maximum atomic E-state index is 6.57. The van der Waals surface area contributed by atoms with E-state index >= 15 is 0 Å². The second-order valence-corrected chi connectivity index (χ2v) is 19.0. The van der Waals surface area contributed by atoms with E-state index in [0.29, 0.717) is 5.92 Å². The molecule has 0 fully saturated rings. The second kappa shape index (κ2) is 13.1. The predicted molar refractivity (Wildman–Crippen MR) is 274 cm³/mol. The molecule has 14 aromatic rings. The van der Waals surface area contributed by atoms with Crippen LogP contribution < -0.4 is 4.90 Å². The lowest BCUT2D eigenvalue weighted by molar-refractivity contribution is 0.662. The highest BCUT2D eigenvalue weighted by Crippen LogP contribution is 2.50. The third kappa shape index (κ3) is 4.96. The molecule has 0 amide bonds. The molecule has 1 aliphatic carbocycles. The number of para-hydroxylation sites is 3. The summed E-state index contributed by atoms with van der Waals surface area (Å²) < 4.78 is 28.6. The monoisotopic (exact) mass is 878 g/mol. The lowest BCUT2D eigenvalue weighted by atomic mass is 9.91. The summed E-state index contributed by atoms with van der Waals surface area (Å²) >= 11 is 1.74. The average molecular weight is 879 g/mol. The fraction of sp³-hybridized carbons (Fsp3) is 0.0333. The molecule has 2 atom stereocenters. The van der Waals surface area contributed by atoms with Gasteiger partial charge in [0.1, 0.15) is 44.7 Å². The van der Waals surface area contributed by atoms with Gasteiger partial charge in [0.05, 0.1) is 17.1 Å². The van der Waals surface area contributed by atoms with Crippen molar-refractivity contribution in [1.82, 2.24) is 4.57 Å². The Bertz CT molecular complexity index is 4480. The second-order valence-electron chi connectivity index (χ2n) is 17.9. The Morgan fingerprint density at radius 2 is 0.821 bits per heavy atom. The molecule has 67 heavy (non-hydrogen) atoms. The Hall–Kier alpha value is -8.39. The fourth-order valence-electron chi connectivity index (χ4n) is 11.5. The lowest BCUT2D eigenvalue weighted by Gasteiger charge is -2.28. The van der Waals surface area contributed by atoms with E-state index in [9.17, 15) is 0 Å². The van der Waals surface area contributed by atoms with Crippen LogP contribution in [-0.4, -0.2) is 10.6 Å². The molecule has 0 saturated carbocycles. The van der Waals surface area contributed by atoms with Crippen molar-refractivity contribution < 1.29 is 17.7 Å². The van der Waals surface area contributed by atoms with E-state index < -0.39 is 0 Å². The third-order valence-electron chi connectivity index (χ3n) is 14.4. The largest absolute Gasteiger partial charge is 0.456 e. The number of fused-ring (bicyclic) bond motifs is 20. The normalized spacial score (nSPS) is 16.0. The van der Waals surface area contributed by atoms with Crippen LogP contribution in [0, 0.1) is 0 Å². The van der Waals surface area contributed by atoms with E-state index in [4.69, 9.17) is 17.7 Å². The van der Waals surface area contributed by atoms with Crippen LogP contribution in [0.1, 0.15) is 11.5 Å². The maximum Gasteiger partial charge on any atom is 0.136 e. The van der Waals surface area contributed by atoms with Gasteiger partial charge < -0.3 is 27.1 Å². The summed E-state index contributed by atoms with van der Waals surface area (Å²) in [4.78, 5) is 4.70. The molecule has 0 N–H and O–H groups in total. The van der Waals surface area contributed by atoms with Gasteiger partial charge in [-0.3, -0.25) is 0 Å². The number of nitrogens with zero attached hydrogens (tertiary/aromatic N) is 2. The Morgan fingerprint density at radius 1 is 0.373 bits per heavy atom. The lowest BCUT2D eigenvalue weighted by Crippen LogP contribution is -2.28. The standard InChI is InChI=1S/C60H34N2O4S/c1-5-13-45-37(9-1)38-10-2-6-14-46(38)61(45)33-17-21-49-41(29-33)57-53(63-49)25-27-55-59(57)43-31-35(19-23-51(43)65-55)67-36-20-24-52-44(32-36)60-56(66-52)28-26-54-58(60)42-30-34(18-22-50(42)64-54)62-47-15-7-3-11-39(47)40-12-4-8-16-48(40)62/h1-32,37,45H. The SMILES string of the molecule is C1=CC2c3ccccc3N(c3ccc4oc5ccc6oc7ccc(Sc8ccc9oc%10ccc%11oc%12ccc(-n%13c%14ccccc%14c%14ccccc%14%13)cc%12c%11c%10c9c8)cc7c6c5c4c3)C2C=C1. The predicted octanol–water partition coefficient (Wildman–Crippen LogP) is 17.3. The smallest absolute Gasteiger partial charge is 0.136 e. The molecular formula is C60H34N2O4S. The number of hydrogen-bond donors (Lipinski definition) is 0. The molecule has 6 nitrogen and oxygen atoms in total. The van der Waals surface area contributed by atoms with Crippen LogP contribution in [0.5, 0.6) is 0 Å². The van der Waals surface area contributed by atoms with Gasteiger partial charge in [0.15, 0.2) is 0 Å². The number of benzene rings is 9. The molecule has 6 heterocycles. The number of rotatable bonds is 4. The van der Waals surface area contributed by atoms with E-state index in [1.54, 1.807) is 11.8 Å². The molecule has 16 rings (SSSR count). The molecule has 0 radical (unpaired) electrons. The summed E-state index contributed by atoms with van der Waals surface area (Å²) in [5.41, 5.74) is 13.9. The molecular weight excluding hydrogens is 845 g/mol. The molecule has 0 saturated heterocycles. The topological polar surface area (TPSA) is 60.7 Å². The van der Waals surface area contributed by atoms with E-state index in [-0.39, 0.29) is 6.04 Å². The van der Waals surface area contributed by atoms with Gasteiger partial charge in [-0.15, -0.1) is 0 Å². The highest BCUT2D eigenvalue weighted by atomic mass is 32.2. The van der Waals surface area contributed by atoms with Gasteiger partial charge in [-0.2, -0.15) is 0 Å². The van der Waals surface area contributed by atoms with Crippen molar-refractivity contribution in [3.05, 3.63) is 200 Å². The van der Waals surface area contributed by atoms with Gasteiger partial charge in [-0.25, -0.2) is 0 Å². The Labute approximate surface area is 385 Å². The number of allylic oxidation sites excluding steroid dienone is 2. The Kier molecular flexibility index (Phi) is 7.03. The summed E-state index contributed by atoms with van der Waals surface area (Å²) in [5, 5.41) is 11.0. The van der Waals surface area contributed by atoms with E-state index in [1.165, 1.54) is 33.1 Å². The minimum atomic E-state index is 0.210. The van der Waals surface area contributed by atoms with Crippen LogP contribution in [0.15, 0.2) is 222 Å². The highest BCUT2D eigenvalue weighted by molar-refractivity contribution is 7.99. The van der Waals surface area contributed by atoms with Crippen molar-refractivity contribution >= 4 is 133 Å². The van der Waals surface area contributed by atoms with Gasteiger partial charge in [0.2, 0.25) is 0 Å². The molecule has 2 aliphatic rings. The molecule has 314 valence electrons. The number of anilines is 2. The average Bonchev–Trinajstić information content (AvgIpc) is 4.22. The molecule has 2 unspecified atom stereocenters. The van der Waals surface area contributed by atoms with Crippen molar-refractivity contribution in [3.8, 4) is 5.69 Å². The minimum absolute atomic E-state index is 0.210. The van der Waals surface area contributed by atoms with Gasteiger partial charge in [-0.05, 0) is 121 Å². The van der Waals surface area contributed by atoms with Crippen molar-refractivity contribution in [2.45, 2.75) is 21.8 Å². The molecule has 5 aromatic heterocycles. The summed E-state index contributed by atoms with van der Waals surface area (Å²) in [5.74, 6) is 0.310. The molecule has 7 heteroatoms. The molecule has 9 aromatic carbocycles. The van der Waals surface area contributed by atoms with E-state index in [2.05, 4.69) is 179 Å². The van der Waals surface area contributed by atoms with Crippen LogP contribution >= 0.6 is 11.8 Å². The van der Waals surface area contributed by atoms with Gasteiger partial charge in [0.25, 0.3) is 0 Å². The van der Waals surface area contributed by atoms with Gasteiger partial charge in [-0.1, -0.05) is 90.7 Å². The van der Waals surface area contributed by atoms with E-state index in [0.717, 1.165) is 109 Å². The Morgan fingerprint density at radius 3 is 1.40 bits per heavy atom. The summed E-state index contributed by atoms with van der Waals surface area (Å²) in [6, 6.07) is 60.6. The first-order valence-corrected chi connectivity index (χ1v) is 23.5. The summed E-state index contributed by atoms with van der Waals surface area (Å²) in [6.07, 6.45) is 8.98. The van der Waals surface area contributed by atoms with Crippen molar-refractivity contribution in [1.29, 1.82) is 0 Å². The van der Waals surface area contributed by atoms with Crippen molar-refractivity contribution in [2.24, 2.45) is 0 Å². The number of furan rings is 4. The fourth-order valence-corrected chi connectivity index (χ4v) is 12.4. The van der Waals surface area contributed by atoms with Gasteiger partial charge in [0, 0.05) is 86.6 Å². The van der Waals surface area contributed by atoms with Crippen molar-refractivity contribution in [3.63, 3.8) is 0 Å². The quantitative estimate of drug-likeness (QED) is 0.176. The van der Waals surface area contributed by atoms with Gasteiger partial charge >= 0.3 is 0 Å². The van der Waals surface area contributed by atoms with Crippen LogP contribution in [0.4, 0.5) is 11.4 Å². The van der Waals surface area contributed by atoms with E-state index in [1.807, 2.05) is 24.3 Å². The van der Waals surface area contributed by atoms with Crippen LogP contribution in [-0.2, 0) is 0 Å². The van der Waals surface area contributed by atoms with Crippen LogP contribution in [0.3, 0.4) is 0 Å². The van der Waals surface area contributed by atoms with Crippen molar-refractivity contribution in [2.75, 3.05) is 4.90 Å². The third-order valence-corrected chi connectivity index (χ3v) is 15.3. The molecule has 0 bridgehead atoms.